The van der Waals surface area contributed by atoms with Crippen LogP contribution in [0.3, 0.4) is 0 Å². The number of ether oxygens (including phenoxy) is 1. The molecule has 1 amide bonds. The second-order valence-corrected chi connectivity index (χ2v) is 7.03. The van der Waals surface area contributed by atoms with Gasteiger partial charge in [0.1, 0.15) is 11.8 Å². The zero-order valence-corrected chi connectivity index (χ0v) is 16.1. The fourth-order valence-electron chi connectivity index (χ4n) is 3.27. The minimum atomic E-state index is -0.0855. The molecule has 1 fully saturated rings. The highest BCUT2D eigenvalue weighted by Gasteiger charge is 2.17. The van der Waals surface area contributed by atoms with Crippen molar-refractivity contribution < 1.29 is 14.1 Å². The topological polar surface area (TPSA) is 103 Å². The van der Waals surface area contributed by atoms with E-state index in [4.69, 9.17) is 9.26 Å². The summed E-state index contributed by atoms with van der Waals surface area (Å²) >= 11 is 0. The average Bonchev–Trinajstić information content (AvgIpc) is 3.44. The van der Waals surface area contributed by atoms with Crippen molar-refractivity contribution in [3.05, 3.63) is 54.2 Å². The zero-order chi connectivity index (χ0) is 19.9. The van der Waals surface area contributed by atoms with E-state index in [1.807, 2.05) is 24.3 Å². The van der Waals surface area contributed by atoms with Crippen LogP contribution in [0.15, 0.2) is 47.2 Å². The number of carbonyl (C=O) groups is 1. The standard InChI is InChI=1S/C21H23N5O3/c27-18(8-9-19-25-21(26-29-19)17-7-3-4-11-22-17)24-14-15-10-12-23-20(13-15)28-16-5-1-2-6-16/h3-4,7,10-13,16H,1-2,5-6,8-9,14H2,(H,24,27). The van der Waals surface area contributed by atoms with E-state index < -0.39 is 0 Å². The number of hydrogen-bond donors (Lipinski definition) is 1. The van der Waals surface area contributed by atoms with E-state index in [0.29, 0.717) is 36.3 Å². The first-order valence-corrected chi connectivity index (χ1v) is 9.88. The van der Waals surface area contributed by atoms with Gasteiger partial charge in [-0.3, -0.25) is 9.78 Å². The number of carbonyl (C=O) groups excluding carboxylic acids is 1. The van der Waals surface area contributed by atoms with Gasteiger partial charge < -0.3 is 14.6 Å². The van der Waals surface area contributed by atoms with Crippen LogP contribution in [0.1, 0.15) is 43.6 Å². The van der Waals surface area contributed by atoms with Gasteiger partial charge in [0.25, 0.3) is 0 Å². The van der Waals surface area contributed by atoms with Crippen molar-refractivity contribution in [1.29, 1.82) is 0 Å². The summed E-state index contributed by atoms with van der Waals surface area (Å²) < 4.78 is 11.1. The summed E-state index contributed by atoms with van der Waals surface area (Å²) in [4.78, 5) is 24.9. The lowest BCUT2D eigenvalue weighted by Gasteiger charge is -2.12. The van der Waals surface area contributed by atoms with Gasteiger partial charge in [0, 0.05) is 37.8 Å². The molecule has 0 radical (unpaired) electrons. The van der Waals surface area contributed by atoms with Crippen molar-refractivity contribution in [2.24, 2.45) is 0 Å². The van der Waals surface area contributed by atoms with Crippen molar-refractivity contribution in [3.8, 4) is 17.4 Å². The van der Waals surface area contributed by atoms with Crippen LogP contribution in [0.25, 0.3) is 11.5 Å². The van der Waals surface area contributed by atoms with E-state index in [0.717, 1.165) is 18.4 Å². The lowest BCUT2D eigenvalue weighted by Crippen LogP contribution is -2.23. The molecule has 0 spiro atoms. The maximum atomic E-state index is 12.2. The molecule has 8 nitrogen and oxygen atoms in total. The third-order valence-corrected chi connectivity index (χ3v) is 4.81. The first-order chi connectivity index (χ1) is 14.3. The SMILES string of the molecule is O=C(CCc1nc(-c2ccccn2)no1)NCc1ccnc(OC2CCCC2)c1. The fraction of sp³-hybridized carbons (Fsp3) is 0.381. The Bertz CT molecular complexity index is 938. The lowest BCUT2D eigenvalue weighted by atomic mass is 10.2. The number of aromatic nitrogens is 4. The molecule has 0 bridgehead atoms. The molecule has 1 saturated carbocycles. The molecule has 0 aromatic carbocycles. The first-order valence-electron chi connectivity index (χ1n) is 9.88. The predicted molar refractivity (Wildman–Crippen MR) is 105 cm³/mol. The number of rotatable bonds is 8. The quantitative estimate of drug-likeness (QED) is 0.627. The molecule has 3 heterocycles. The summed E-state index contributed by atoms with van der Waals surface area (Å²) in [5, 5.41) is 6.81. The van der Waals surface area contributed by atoms with Crippen molar-refractivity contribution in [2.45, 2.75) is 51.2 Å². The summed E-state index contributed by atoms with van der Waals surface area (Å²) in [5.74, 6) is 1.37. The molecule has 4 rings (SSSR count). The molecule has 1 aliphatic rings. The van der Waals surface area contributed by atoms with Crippen molar-refractivity contribution in [1.82, 2.24) is 25.4 Å². The maximum absolute atomic E-state index is 12.2. The van der Waals surface area contributed by atoms with Gasteiger partial charge in [-0.05, 0) is 49.4 Å². The number of nitrogens with zero attached hydrogens (tertiary/aromatic N) is 4. The van der Waals surface area contributed by atoms with Gasteiger partial charge in [0.05, 0.1) is 0 Å². The van der Waals surface area contributed by atoms with Crippen LogP contribution in [-0.2, 0) is 17.8 Å². The van der Waals surface area contributed by atoms with E-state index in [2.05, 4.69) is 25.4 Å². The Balaban J connectivity index is 1.24. The van der Waals surface area contributed by atoms with Crippen LogP contribution in [0.4, 0.5) is 0 Å². The van der Waals surface area contributed by atoms with Gasteiger partial charge in [-0.1, -0.05) is 11.2 Å². The first kappa shape index (κ1) is 19.0. The summed E-state index contributed by atoms with van der Waals surface area (Å²) in [7, 11) is 0. The summed E-state index contributed by atoms with van der Waals surface area (Å²) in [6, 6.07) is 9.24. The van der Waals surface area contributed by atoms with E-state index in [1.54, 1.807) is 18.5 Å². The molecule has 0 atom stereocenters. The average molecular weight is 393 g/mol. The van der Waals surface area contributed by atoms with E-state index in [-0.39, 0.29) is 18.4 Å². The van der Waals surface area contributed by atoms with Crippen LogP contribution >= 0.6 is 0 Å². The van der Waals surface area contributed by atoms with Crippen LogP contribution in [0.2, 0.25) is 0 Å². The number of hydrogen-bond acceptors (Lipinski definition) is 7. The van der Waals surface area contributed by atoms with Crippen molar-refractivity contribution >= 4 is 5.91 Å². The fourth-order valence-corrected chi connectivity index (χ4v) is 3.27. The number of amides is 1. The molecular formula is C21H23N5O3. The Hall–Kier alpha value is -3.29. The number of aryl methyl sites for hydroxylation is 1. The van der Waals surface area contributed by atoms with Gasteiger partial charge in [0.15, 0.2) is 0 Å². The highest BCUT2D eigenvalue weighted by Crippen LogP contribution is 2.23. The van der Waals surface area contributed by atoms with E-state index in [9.17, 15) is 4.79 Å². The molecule has 0 aliphatic heterocycles. The molecule has 1 aliphatic carbocycles. The number of nitrogens with one attached hydrogen (secondary N) is 1. The maximum Gasteiger partial charge on any atom is 0.227 e. The van der Waals surface area contributed by atoms with Gasteiger partial charge in [0.2, 0.25) is 23.5 Å². The zero-order valence-electron chi connectivity index (χ0n) is 16.1. The third kappa shape index (κ3) is 5.37. The van der Waals surface area contributed by atoms with Crippen LogP contribution in [0, 0.1) is 0 Å². The molecule has 3 aromatic rings. The van der Waals surface area contributed by atoms with Gasteiger partial charge in [-0.2, -0.15) is 4.98 Å². The van der Waals surface area contributed by atoms with Crippen molar-refractivity contribution in [2.75, 3.05) is 0 Å². The molecule has 29 heavy (non-hydrogen) atoms. The van der Waals surface area contributed by atoms with Crippen molar-refractivity contribution in [3.63, 3.8) is 0 Å². The molecule has 0 saturated heterocycles. The highest BCUT2D eigenvalue weighted by molar-refractivity contribution is 5.76. The summed E-state index contributed by atoms with van der Waals surface area (Å²) in [5.41, 5.74) is 1.59. The Kier molecular flexibility index (Phi) is 6.09. The molecule has 3 aromatic heterocycles. The summed E-state index contributed by atoms with van der Waals surface area (Å²) in [6.45, 7) is 0.422. The predicted octanol–water partition coefficient (Wildman–Crippen LogP) is 3.10. The van der Waals surface area contributed by atoms with E-state index in [1.165, 1.54) is 12.8 Å². The Morgan fingerprint density at radius 1 is 1.17 bits per heavy atom. The highest BCUT2D eigenvalue weighted by atomic mass is 16.5. The Morgan fingerprint density at radius 3 is 2.90 bits per heavy atom. The monoisotopic (exact) mass is 393 g/mol. The van der Waals surface area contributed by atoms with Gasteiger partial charge in [-0.15, -0.1) is 0 Å². The molecule has 0 unspecified atom stereocenters. The lowest BCUT2D eigenvalue weighted by molar-refractivity contribution is -0.121. The summed E-state index contributed by atoms with van der Waals surface area (Å²) in [6.07, 6.45) is 8.87. The van der Waals surface area contributed by atoms with Crippen LogP contribution < -0.4 is 10.1 Å². The van der Waals surface area contributed by atoms with E-state index >= 15 is 0 Å². The molecule has 8 heteroatoms. The smallest absolute Gasteiger partial charge is 0.227 e. The second-order valence-electron chi connectivity index (χ2n) is 7.03. The van der Waals surface area contributed by atoms with Gasteiger partial charge in [-0.25, -0.2) is 4.98 Å². The van der Waals surface area contributed by atoms with Gasteiger partial charge >= 0.3 is 0 Å². The minimum absolute atomic E-state index is 0.0855. The van der Waals surface area contributed by atoms with Crippen LogP contribution in [0.5, 0.6) is 5.88 Å². The molecule has 1 N–H and O–H groups in total. The number of pyridine rings is 2. The Morgan fingerprint density at radius 2 is 2.07 bits per heavy atom. The molecule has 150 valence electrons. The molecular weight excluding hydrogens is 370 g/mol. The normalized spacial score (nSPS) is 14.1. The van der Waals surface area contributed by atoms with Crippen LogP contribution in [-0.4, -0.2) is 32.1 Å². The minimum Gasteiger partial charge on any atom is -0.474 e. The Labute approximate surface area is 168 Å². The second kappa shape index (κ2) is 9.27. The third-order valence-electron chi connectivity index (χ3n) is 4.81. The largest absolute Gasteiger partial charge is 0.474 e.